The van der Waals surface area contributed by atoms with Crippen LogP contribution >= 0.6 is 23.2 Å². The Kier molecular flexibility index (Phi) is 10.9. The van der Waals surface area contributed by atoms with Crippen LogP contribution in [0.25, 0.3) is 0 Å². The minimum atomic E-state index is -4.78. The molecule has 4 aromatic carbocycles. The third kappa shape index (κ3) is 7.24. The van der Waals surface area contributed by atoms with Crippen LogP contribution in [0.1, 0.15) is 35.4 Å². The quantitative estimate of drug-likeness (QED) is 0.0835. The van der Waals surface area contributed by atoms with E-state index in [0.29, 0.717) is 56.2 Å². The lowest BCUT2D eigenvalue weighted by molar-refractivity contribution is -0.139. The number of rotatable bonds is 9. The number of hydrogen-bond acceptors (Lipinski definition) is 11. The van der Waals surface area contributed by atoms with Gasteiger partial charge >= 0.3 is 6.18 Å². The highest BCUT2D eigenvalue weighted by Gasteiger charge is 2.71. The van der Waals surface area contributed by atoms with E-state index in [9.17, 15) is 27.9 Å². The molecule has 4 aliphatic rings. The summed E-state index contributed by atoms with van der Waals surface area (Å²) in [5.74, 6) is -8.00. The Bertz CT molecular complexity index is 2820. The molecule has 65 heavy (non-hydrogen) atoms. The highest BCUT2D eigenvalue weighted by Crippen LogP contribution is 2.65. The summed E-state index contributed by atoms with van der Waals surface area (Å²) in [5, 5.41) is 20.8. The number of pyridine rings is 1. The number of fused-ring (bicyclic) bond motifs is 4. The first-order valence-corrected chi connectivity index (χ1v) is 21.2. The molecule has 3 heterocycles. The lowest BCUT2D eigenvalue weighted by Gasteiger charge is -2.50. The number of carbonyl (C=O) groups is 4. The molecular weight excluding hydrogens is 886 g/mol. The zero-order chi connectivity index (χ0) is 46.1. The van der Waals surface area contributed by atoms with Gasteiger partial charge in [-0.1, -0.05) is 47.0 Å². The van der Waals surface area contributed by atoms with Gasteiger partial charge in [-0.25, -0.2) is 4.98 Å². The molecule has 2 aliphatic heterocycles. The molecule has 5 aromatic rings. The predicted octanol–water partition coefficient (Wildman–Crippen LogP) is 9.79. The monoisotopic (exact) mass is 923 g/mol. The fraction of sp³-hybridized carbons (Fsp3) is 0.255. The molecule has 2 aliphatic carbocycles. The third-order valence-corrected chi connectivity index (χ3v) is 13.4. The third-order valence-electron chi connectivity index (χ3n) is 12.9. The summed E-state index contributed by atoms with van der Waals surface area (Å²) in [6.45, 7) is 0. The van der Waals surface area contributed by atoms with Crippen LogP contribution in [-0.4, -0.2) is 59.9 Å². The molecule has 3 fully saturated rings. The summed E-state index contributed by atoms with van der Waals surface area (Å²) in [6, 6.07) is 25.4. The van der Waals surface area contributed by atoms with E-state index in [1.165, 1.54) is 19.2 Å². The summed E-state index contributed by atoms with van der Waals surface area (Å²) >= 11 is 12.7. The number of carbonyl (C=O) groups excluding carboxylic acids is 4. The van der Waals surface area contributed by atoms with Crippen molar-refractivity contribution in [3.8, 4) is 11.5 Å². The first kappa shape index (κ1) is 43.5. The molecule has 13 nitrogen and oxygen atoms in total. The van der Waals surface area contributed by atoms with Crippen LogP contribution in [0.5, 0.6) is 11.5 Å². The number of halogens is 5. The summed E-state index contributed by atoms with van der Waals surface area (Å²) in [7, 11) is 5.29. The van der Waals surface area contributed by atoms with Crippen LogP contribution < -0.4 is 20.0 Å². The van der Waals surface area contributed by atoms with Gasteiger partial charge in [0.05, 0.1) is 57.9 Å². The fourth-order valence-electron chi connectivity index (χ4n) is 9.87. The van der Waals surface area contributed by atoms with Gasteiger partial charge in [0, 0.05) is 42.5 Å². The van der Waals surface area contributed by atoms with Crippen LogP contribution in [0.4, 0.5) is 41.7 Å². The number of imide groups is 2. The number of methoxy groups -OCH3 is 1. The van der Waals surface area contributed by atoms with Gasteiger partial charge in [-0.15, -0.1) is 0 Å². The second-order valence-corrected chi connectivity index (χ2v) is 17.3. The number of azo groups is 1. The van der Waals surface area contributed by atoms with Gasteiger partial charge in [0.2, 0.25) is 11.8 Å². The van der Waals surface area contributed by atoms with Crippen LogP contribution in [0.3, 0.4) is 0 Å². The van der Waals surface area contributed by atoms with Crippen molar-refractivity contribution in [3.63, 3.8) is 0 Å². The first-order valence-electron chi connectivity index (χ1n) is 20.4. The summed E-state index contributed by atoms with van der Waals surface area (Å²) < 4.78 is 46.3. The van der Waals surface area contributed by atoms with Crippen LogP contribution in [0.15, 0.2) is 125 Å². The maximum Gasteiger partial charge on any atom is 0.417 e. The summed E-state index contributed by atoms with van der Waals surface area (Å²) in [5.41, 5.74) is 3.07. The van der Waals surface area contributed by atoms with Crippen molar-refractivity contribution in [1.82, 2.24) is 9.99 Å². The minimum Gasteiger partial charge on any atom is -0.508 e. The Balaban J connectivity index is 1.12. The zero-order valence-corrected chi connectivity index (χ0v) is 36.3. The predicted molar refractivity (Wildman–Crippen MR) is 235 cm³/mol. The maximum atomic E-state index is 15.5. The molecule has 2 saturated heterocycles. The molecule has 4 amide bonds. The van der Waals surface area contributed by atoms with E-state index in [4.69, 9.17) is 27.9 Å². The molecule has 0 spiro atoms. The van der Waals surface area contributed by atoms with Gasteiger partial charge in [-0.3, -0.25) is 29.5 Å². The number of nitrogens with zero attached hydrogens (tertiary/aromatic N) is 6. The Labute approximate surface area is 380 Å². The average Bonchev–Trinajstić information content (AvgIpc) is 3.67. The van der Waals surface area contributed by atoms with Crippen molar-refractivity contribution >= 4 is 75.4 Å². The number of phenols is 1. The zero-order valence-electron chi connectivity index (χ0n) is 34.8. The molecule has 6 atom stereocenters. The molecule has 0 radical (unpaired) electrons. The molecule has 18 heteroatoms. The molecule has 6 unspecified atom stereocenters. The first-order chi connectivity index (χ1) is 31.0. The van der Waals surface area contributed by atoms with Crippen LogP contribution in [0, 0.1) is 23.7 Å². The van der Waals surface area contributed by atoms with Crippen molar-refractivity contribution in [2.45, 2.75) is 30.4 Å². The fourth-order valence-corrected chi connectivity index (χ4v) is 10.2. The second kappa shape index (κ2) is 16.3. The standard InChI is InChI=1S/C47H38Cl2F3N7O6/c1-57(2)29-12-8-27(9-13-29)54-55-28-10-14-30(15-11-28)58-42(61)33-18-17-32-34(39(33)44(58)63)22-36-43(62)59(56-41-37(49)20-25(23-53-41)47(50,51)52)45(64)46(36,24-4-6-26(48)7-5-24)40(32)35-21-31(65-3)16-19-38(35)60/h4-17,19-21,23,33-34,36,39-40,60H,18,22H2,1-3H3,(H,53,56). The van der Waals surface area contributed by atoms with Crippen molar-refractivity contribution in [2.75, 3.05) is 36.4 Å². The number of ether oxygens (including phenoxy) is 1. The van der Waals surface area contributed by atoms with E-state index >= 15 is 9.59 Å². The summed E-state index contributed by atoms with van der Waals surface area (Å²) in [4.78, 5) is 66.6. The van der Waals surface area contributed by atoms with Gasteiger partial charge in [-0.05, 0) is 109 Å². The van der Waals surface area contributed by atoms with Crippen LogP contribution in [-0.2, 0) is 30.8 Å². The molecular formula is C47H38Cl2F3N7O6. The number of benzene rings is 4. The number of phenolic OH excluding ortho intramolecular Hbond substituents is 1. The maximum absolute atomic E-state index is 15.5. The van der Waals surface area contributed by atoms with Crippen molar-refractivity contribution in [3.05, 3.63) is 142 Å². The largest absolute Gasteiger partial charge is 0.508 e. The van der Waals surface area contributed by atoms with Crippen molar-refractivity contribution < 1.29 is 42.2 Å². The Morgan fingerprint density at radius 2 is 1.52 bits per heavy atom. The van der Waals surface area contributed by atoms with E-state index in [1.807, 2.05) is 49.3 Å². The van der Waals surface area contributed by atoms with Gasteiger partial charge < -0.3 is 14.7 Å². The van der Waals surface area contributed by atoms with E-state index < -0.39 is 81.2 Å². The normalized spacial score (nSPS) is 23.9. The Morgan fingerprint density at radius 3 is 2.14 bits per heavy atom. The van der Waals surface area contributed by atoms with E-state index in [1.54, 1.807) is 54.6 Å². The van der Waals surface area contributed by atoms with E-state index in [-0.39, 0.29) is 24.2 Å². The number of aromatic hydroxyl groups is 1. The molecule has 0 bridgehead atoms. The van der Waals surface area contributed by atoms with Crippen molar-refractivity contribution in [1.29, 1.82) is 0 Å². The Hall–Kier alpha value is -6.78. The number of amides is 4. The number of allylic oxidation sites excluding steroid dienone is 2. The second-order valence-electron chi connectivity index (χ2n) is 16.5. The highest BCUT2D eigenvalue weighted by atomic mass is 35.5. The average molecular weight is 925 g/mol. The van der Waals surface area contributed by atoms with Crippen molar-refractivity contribution in [2.24, 2.45) is 33.9 Å². The SMILES string of the molecule is COc1ccc(O)c(C2C3=CCC4C(=O)N(c5ccc(N=Nc6ccc(N(C)C)cc6)cc5)C(=O)C4C3CC3C(=O)N(Nc4ncc(C(F)(F)F)cc4Cl)C(=O)C32c2ccc(Cl)cc2)c1. The minimum absolute atomic E-state index is 0.0915. The topological polar surface area (TPSA) is 157 Å². The number of hydrogen-bond donors (Lipinski definition) is 2. The molecule has 332 valence electrons. The Morgan fingerprint density at radius 1 is 0.862 bits per heavy atom. The van der Waals surface area contributed by atoms with Gasteiger partial charge in [0.15, 0.2) is 5.82 Å². The lowest BCUT2D eigenvalue weighted by Crippen LogP contribution is -2.53. The van der Waals surface area contributed by atoms with E-state index in [2.05, 4.69) is 20.6 Å². The summed E-state index contributed by atoms with van der Waals surface area (Å²) in [6.07, 6.45) is -2.46. The lowest BCUT2D eigenvalue weighted by atomic mass is 9.49. The van der Waals surface area contributed by atoms with Gasteiger partial charge in [0.25, 0.3) is 11.8 Å². The number of aromatic nitrogens is 1. The number of alkyl halides is 3. The highest BCUT2D eigenvalue weighted by molar-refractivity contribution is 6.33. The van der Waals surface area contributed by atoms with Gasteiger partial charge in [-0.2, -0.15) is 28.4 Å². The van der Waals surface area contributed by atoms with Gasteiger partial charge in [0.1, 0.15) is 11.5 Å². The number of nitrogens with one attached hydrogen (secondary N) is 1. The molecule has 2 N–H and O–H groups in total. The molecule has 1 saturated carbocycles. The number of anilines is 3. The van der Waals surface area contributed by atoms with Crippen LogP contribution in [0.2, 0.25) is 10.0 Å². The number of hydrazine groups is 1. The van der Waals surface area contributed by atoms with E-state index in [0.717, 1.165) is 10.6 Å². The molecule has 1 aromatic heterocycles. The molecule has 9 rings (SSSR count). The smallest absolute Gasteiger partial charge is 0.417 e.